The lowest BCUT2D eigenvalue weighted by Gasteiger charge is -2.38. The molecule has 0 saturated heterocycles. The lowest BCUT2D eigenvalue weighted by Crippen LogP contribution is -2.42. The molecule has 0 radical (unpaired) electrons. The first-order valence-electron chi connectivity index (χ1n) is 8.41. The summed E-state index contributed by atoms with van der Waals surface area (Å²) in [6.45, 7) is 3.94. The molecule has 0 spiro atoms. The molecule has 1 aliphatic rings. The van der Waals surface area contributed by atoms with Gasteiger partial charge in [-0.3, -0.25) is 4.79 Å². The first-order valence-corrected chi connectivity index (χ1v) is 8.79. The van der Waals surface area contributed by atoms with Crippen molar-refractivity contribution in [3.63, 3.8) is 0 Å². The molecule has 0 aromatic heterocycles. The normalized spacial score (nSPS) is 17.6. The number of benzene rings is 2. The zero-order valence-corrected chi connectivity index (χ0v) is 15.8. The highest BCUT2D eigenvalue weighted by molar-refractivity contribution is 6.30. The van der Waals surface area contributed by atoms with Gasteiger partial charge in [0.05, 0.1) is 13.2 Å². The van der Waals surface area contributed by atoms with E-state index in [1.807, 2.05) is 32.0 Å². The summed E-state index contributed by atoms with van der Waals surface area (Å²) in [4.78, 5) is 12.4. The summed E-state index contributed by atoms with van der Waals surface area (Å²) < 4.78 is 16.8. The van der Waals surface area contributed by atoms with Gasteiger partial charge >= 0.3 is 0 Å². The van der Waals surface area contributed by atoms with Crippen molar-refractivity contribution in [2.75, 3.05) is 13.7 Å². The Balaban J connectivity index is 1.70. The third-order valence-electron chi connectivity index (χ3n) is 4.19. The van der Waals surface area contributed by atoms with Gasteiger partial charge in [-0.25, -0.2) is 0 Å². The van der Waals surface area contributed by atoms with Crippen LogP contribution in [0.4, 0.5) is 0 Å². The molecule has 6 heteroatoms. The van der Waals surface area contributed by atoms with Crippen LogP contribution in [0.25, 0.3) is 0 Å². The molecule has 0 fully saturated rings. The van der Waals surface area contributed by atoms with Crippen LogP contribution in [0.5, 0.6) is 17.2 Å². The van der Waals surface area contributed by atoms with Crippen molar-refractivity contribution in [3.8, 4) is 17.2 Å². The number of halogens is 1. The van der Waals surface area contributed by atoms with E-state index in [4.69, 9.17) is 25.8 Å². The van der Waals surface area contributed by atoms with Crippen LogP contribution in [0.15, 0.2) is 42.5 Å². The molecule has 0 aliphatic carbocycles. The Morgan fingerprint density at radius 1 is 1.23 bits per heavy atom. The topological polar surface area (TPSA) is 56.8 Å². The Hall–Kier alpha value is -2.40. The highest BCUT2D eigenvalue weighted by Crippen LogP contribution is 2.41. The molecule has 3 rings (SSSR count). The Labute approximate surface area is 158 Å². The minimum absolute atomic E-state index is 0.0707. The van der Waals surface area contributed by atoms with Crippen LogP contribution in [0.3, 0.4) is 0 Å². The number of methoxy groups -OCH3 is 1. The molecule has 2 aromatic rings. The molecule has 26 heavy (non-hydrogen) atoms. The molecule has 1 aliphatic heterocycles. The van der Waals surface area contributed by atoms with Crippen LogP contribution < -0.4 is 19.5 Å². The Morgan fingerprint density at radius 3 is 2.62 bits per heavy atom. The first kappa shape index (κ1) is 18.4. The predicted molar refractivity (Wildman–Crippen MR) is 100 cm³/mol. The average Bonchev–Trinajstić information content (AvgIpc) is 2.60. The van der Waals surface area contributed by atoms with Gasteiger partial charge < -0.3 is 19.5 Å². The highest BCUT2D eigenvalue weighted by atomic mass is 35.5. The fourth-order valence-corrected chi connectivity index (χ4v) is 3.13. The lowest BCUT2D eigenvalue weighted by molar-refractivity contribution is -0.124. The molecule has 138 valence electrons. The minimum Gasteiger partial charge on any atom is -0.497 e. The summed E-state index contributed by atoms with van der Waals surface area (Å²) in [5.41, 5.74) is 0.528. The second-order valence-electron chi connectivity index (χ2n) is 6.83. The SMILES string of the molecule is COc1ccc2c(c1)[C@@H](NC(=O)COc1ccc(Cl)cc1)CC(C)(C)O2. The van der Waals surface area contributed by atoms with Gasteiger partial charge in [0.25, 0.3) is 5.91 Å². The third-order valence-corrected chi connectivity index (χ3v) is 4.45. The largest absolute Gasteiger partial charge is 0.497 e. The number of fused-ring (bicyclic) bond motifs is 1. The van der Waals surface area contributed by atoms with E-state index in [0.29, 0.717) is 17.2 Å². The maximum atomic E-state index is 12.4. The van der Waals surface area contributed by atoms with Crippen molar-refractivity contribution in [2.45, 2.75) is 31.9 Å². The first-order chi connectivity index (χ1) is 12.4. The smallest absolute Gasteiger partial charge is 0.258 e. The van der Waals surface area contributed by atoms with Gasteiger partial charge in [-0.2, -0.15) is 0 Å². The quantitative estimate of drug-likeness (QED) is 0.853. The van der Waals surface area contributed by atoms with Crippen LogP contribution in [0, 0.1) is 0 Å². The number of carbonyl (C=O) groups excluding carboxylic acids is 1. The number of carbonyl (C=O) groups is 1. The summed E-state index contributed by atoms with van der Waals surface area (Å²) in [7, 11) is 1.61. The standard InChI is InChI=1S/C20H22ClNO4/c1-20(2)11-17(16-10-15(24-3)8-9-18(16)26-20)22-19(23)12-25-14-6-4-13(21)5-7-14/h4-10,17H,11-12H2,1-3H3,(H,22,23)/t17-/m0/s1. The zero-order valence-electron chi connectivity index (χ0n) is 15.0. The van der Waals surface area contributed by atoms with E-state index in [1.54, 1.807) is 31.4 Å². The van der Waals surface area contributed by atoms with E-state index in [9.17, 15) is 4.79 Å². The van der Waals surface area contributed by atoms with Crippen molar-refractivity contribution in [3.05, 3.63) is 53.1 Å². The van der Waals surface area contributed by atoms with E-state index < -0.39 is 0 Å². The number of nitrogens with one attached hydrogen (secondary N) is 1. The monoisotopic (exact) mass is 375 g/mol. The summed E-state index contributed by atoms with van der Waals surface area (Å²) in [5.74, 6) is 1.88. The van der Waals surface area contributed by atoms with Crippen LogP contribution in [0.1, 0.15) is 31.9 Å². The van der Waals surface area contributed by atoms with Crippen molar-refractivity contribution in [1.82, 2.24) is 5.32 Å². The van der Waals surface area contributed by atoms with Gasteiger partial charge in [0.1, 0.15) is 22.8 Å². The van der Waals surface area contributed by atoms with E-state index in [2.05, 4.69) is 5.32 Å². The molecule has 2 aromatic carbocycles. The maximum Gasteiger partial charge on any atom is 0.258 e. The fraction of sp³-hybridized carbons (Fsp3) is 0.350. The second kappa shape index (κ2) is 7.46. The molecule has 0 bridgehead atoms. The Bertz CT molecular complexity index is 789. The number of hydrogen-bond donors (Lipinski definition) is 1. The number of rotatable bonds is 5. The highest BCUT2D eigenvalue weighted by Gasteiger charge is 2.34. The van der Waals surface area contributed by atoms with Gasteiger partial charge in [-0.1, -0.05) is 11.6 Å². The molecule has 1 atom stereocenters. The minimum atomic E-state index is -0.378. The maximum absolute atomic E-state index is 12.4. The van der Waals surface area contributed by atoms with Crippen molar-refractivity contribution < 1.29 is 19.0 Å². The van der Waals surface area contributed by atoms with Gasteiger partial charge in [-0.15, -0.1) is 0 Å². The van der Waals surface area contributed by atoms with Crippen LogP contribution in [0.2, 0.25) is 5.02 Å². The van der Waals surface area contributed by atoms with Gasteiger partial charge in [0.15, 0.2) is 6.61 Å². The van der Waals surface area contributed by atoms with E-state index in [-0.39, 0.29) is 24.2 Å². The molecule has 5 nitrogen and oxygen atoms in total. The summed E-state index contributed by atoms with van der Waals surface area (Å²) in [6, 6.07) is 12.3. The number of hydrogen-bond acceptors (Lipinski definition) is 4. The van der Waals surface area contributed by atoms with Crippen LogP contribution in [-0.4, -0.2) is 25.2 Å². The molecule has 0 saturated carbocycles. The summed E-state index contributed by atoms with van der Waals surface area (Å²) in [5, 5.41) is 3.66. The molecule has 0 unspecified atom stereocenters. The van der Waals surface area contributed by atoms with E-state index in [1.165, 1.54) is 0 Å². The molecular weight excluding hydrogens is 354 g/mol. The number of ether oxygens (including phenoxy) is 3. The Kier molecular flexibility index (Phi) is 5.28. The van der Waals surface area contributed by atoms with E-state index in [0.717, 1.165) is 17.1 Å². The van der Waals surface area contributed by atoms with Crippen molar-refractivity contribution in [1.29, 1.82) is 0 Å². The van der Waals surface area contributed by atoms with Crippen LogP contribution >= 0.6 is 11.6 Å². The van der Waals surface area contributed by atoms with Crippen molar-refractivity contribution >= 4 is 17.5 Å². The summed E-state index contributed by atoms with van der Waals surface area (Å²) >= 11 is 5.85. The lowest BCUT2D eigenvalue weighted by atomic mass is 9.89. The molecule has 1 heterocycles. The van der Waals surface area contributed by atoms with Crippen LogP contribution in [-0.2, 0) is 4.79 Å². The van der Waals surface area contributed by atoms with Gasteiger partial charge in [0.2, 0.25) is 0 Å². The average molecular weight is 376 g/mol. The van der Waals surface area contributed by atoms with Crippen molar-refractivity contribution in [2.24, 2.45) is 0 Å². The summed E-state index contributed by atoms with van der Waals surface area (Å²) in [6.07, 6.45) is 0.653. The van der Waals surface area contributed by atoms with Gasteiger partial charge in [-0.05, 0) is 56.3 Å². The molecule has 1 amide bonds. The third kappa shape index (κ3) is 4.41. The van der Waals surface area contributed by atoms with Gasteiger partial charge in [0, 0.05) is 17.0 Å². The second-order valence-corrected chi connectivity index (χ2v) is 7.27. The van der Waals surface area contributed by atoms with E-state index >= 15 is 0 Å². The molecular formula is C20H22ClNO4. The Morgan fingerprint density at radius 2 is 1.92 bits per heavy atom. The fourth-order valence-electron chi connectivity index (χ4n) is 3.00. The zero-order chi connectivity index (χ0) is 18.7. The predicted octanol–water partition coefficient (Wildman–Crippen LogP) is 4.15. The molecule has 1 N–H and O–H groups in total. The number of amides is 1.